The first-order valence-corrected chi connectivity index (χ1v) is 9.61. The van der Waals surface area contributed by atoms with Crippen LogP contribution in [0.3, 0.4) is 0 Å². The molecule has 4 aromatic rings. The minimum absolute atomic E-state index is 0.00890. The fourth-order valence-electron chi connectivity index (χ4n) is 3.33. The number of aromatic nitrogens is 2. The molecule has 0 saturated heterocycles. The van der Waals surface area contributed by atoms with E-state index in [0.29, 0.717) is 22.6 Å². The number of imidazole rings is 1. The summed E-state index contributed by atoms with van der Waals surface area (Å²) in [5, 5.41) is 14.7. The Morgan fingerprint density at radius 3 is 2.71 bits per heavy atom. The Kier molecular flexibility index (Phi) is 5.31. The highest BCUT2D eigenvalue weighted by atomic mass is 16.6. The van der Waals surface area contributed by atoms with Gasteiger partial charge >= 0.3 is 0 Å². The summed E-state index contributed by atoms with van der Waals surface area (Å²) < 4.78 is 7.74. The van der Waals surface area contributed by atoms with E-state index in [2.05, 4.69) is 20.1 Å². The molecule has 0 fully saturated rings. The Balaban J connectivity index is 1.43. The molecule has 0 atom stereocenters. The molecule has 1 amide bonds. The molecule has 2 heterocycles. The highest BCUT2D eigenvalue weighted by Crippen LogP contribution is 2.24. The number of nitro benzene ring substituents is 1. The number of hydrogen-bond donors (Lipinski definition) is 1. The number of nitro groups is 1. The fourth-order valence-corrected chi connectivity index (χ4v) is 3.33. The van der Waals surface area contributed by atoms with Crippen molar-refractivity contribution < 1.29 is 14.1 Å². The summed E-state index contributed by atoms with van der Waals surface area (Å²) in [5.74, 6) is 1.51. The Hall–Kier alpha value is -4.27. The average molecular weight is 417 g/mol. The van der Waals surface area contributed by atoms with Crippen LogP contribution in [0.2, 0.25) is 0 Å². The van der Waals surface area contributed by atoms with Gasteiger partial charge in [0.05, 0.1) is 22.2 Å². The van der Waals surface area contributed by atoms with Crippen LogP contribution in [-0.2, 0) is 6.54 Å². The Labute approximate surface area is 177 Å². The molecule has 2 aromatic heterocycles. The Morgan fingerprint density at radius 2 is 2.00 bits per heavy atom. The topological polar surface area (TPSA) is 116 Å². The van der Waals surface area contributed by atoms with E-state index in [1.165, 1.54) is 18.3 Å². The number of carbonyl (C=O) groups is 1. The molecule has 0 bridgehead atoms. The van der Waals surface area contributed by atoms with Gasteiger partial charge in [-0.25, -0.2) is 10.4 Å². The molecular formula is C22H19N5O4. The molecular weight excluding hydrogens is 398 g/mol. The third kappa shape index (κ3) is 4.06. The number of hydrogen-bond acceptors (Lipinski definition) is 6. The van der Waals surface area contributed by atoms with Crippen molar-refractivity contribution in [3.05, 3.63) is 81.9 Å². The summed E-state index contributed by atoms with van der Waals surface area (Å²) in [4.78, 5) is 27.2. The first-order chi connectivity index (χ1) is 15.0. The molecule has 0 radical (unpaired) electrons. The van der Waals surface area contributed by atoms with Crippen LogP contribution in [0.15, 0.2) is 64.1 Å². The molecule has 4 rings (SSSR count). The van der Waals surface area contributed by atoms with E-state index in [9.17, 15) is 14.9 Å². The minimum Gasteiger partial charge on any atom is -0.455 e. The van der Waals surface area contributed by atoms with Gasteiger partial charge in [0.15, 0.2) is 0 Å². The predicted octanol–water partition coefficient (Wildman–Crippen LogP) is 4.30. The number of nitrogens with zero attached hydrogens (tertiary/aromatic N) is 4. The van der Waals surface area contributed by atoms with E-state index in [4.69, 9.17) is 4.42 Å². The van der Waals surface area contributed by atoms with Gasteiger partial charge in [-0.3, -0.25) is 14.9 Å². The zero-order valence-electron chi connectivity index (χ0n) is 16.9. The van der Waals surface area contributed by atoms with Crippen LogP contribution in [-0.4, -0.2) is 26.6 Å². The smallest absolute Gasteiger partial charge is 0.271 e. The third-order valence-electron chi connectivity index (χ3n) is 4.86. The lowest BCUT2D eigenvalue weighted by Crippen LogP contribution is -2.17. The van der Waals surface area contributed by atoms with E-state index in [0.717, 1.165) is 23.4 Å². The average Bonchev–Trinajstić information content (AvgIpc) is 3.36. The van der Waals surface area contributed by atoms with E-state index in [-0.39, 0.29) is 11.6 Å². The van der Waals surface area contributed by atoms with Gasteiger partial charge in [0.1, 0.15) is 17.3 Å². The van der Waals surface area contributed by atoms with Crippen LogP contribution in [0.4, 0.5) is 5.69 Å². The van der Waals surface area contributed by atoms with Gasteiger partial charge in [-0.15, -0.1) is 0 Å². The van der Waals surface area contributed by atoms with Crippen LogP contribution in [0.25, 0.3) is 22.4 Å². The number of nitrogens with one attached hydrogen (secondary N) is 1. The molecule has 9 nitrogen and oxygen atoms in total. The van der Waals surface area contributed by atoms with E-state index >= 15 is 0 Å². The van der Waals surface area contributed by atoms with Gasteiger partial charge in [-0.2, -0.15) is 5.10 Å². The lowest BCUT2D eigenvalue weighted by molar-refractivity contribution is -0.384. The van der Waals surface area contributed by atoms with E-state index < -0.39 is 4.92 Å². The number of aryl methyl sites for hydroxylation is 2. The van der Waals surface area contributed by atoms with Crippen molar-refractivity contribution in [1.82, 2.24) is 15.0 Å². The normalized spacial score (nSPS) is 11.3. The minimum atomic E-state index is -0.457. The lowest BCUT2D eigenvalue weighted by Gasteiger charge is -2.03. The second-order valence-electron chi connectivity index (χ2n) is 6.81. The van der Waals surface area contributed by atoms with Crippen molar-refractivity contribution in [1.29, 1.82) is 0 Å². The van der Waals surface area contributed by atoms with Crippen LogP contribution < -0.4 is 5.43 Å². The number of fused-ring (bicyclic) bond motifs is 1. The molecule has 0 saturated carbocycles. The van der Waals surface area contributed by atoms with Crippen LogP contribution in [0.5, 0.6) is 0 Å². The summed E-state index contributed by atoms with van der Waals surface area (Å²) in [6.45, 7) is 4.79. The van der Waals surface area contributed by atoms with Crippen LogP contribution in [0, 0.1) is 17.0 Å². The molecule has 31 heavy (non-hydrogen) atoms. The van der Waals surface area contributed by atoms with E-state index in [1.54, 1.807) is 36.4 Å². The molecule has 0 spiro atoms. The number of amides is 1. The summed E-state index contributed by atoms with van der Waals surface area (Å²) in [7, 11) is 0. The van der Waals surface area contributed by atoms with Crippen LogP contribution in [0.1, 0.15) is 28.9 Å². The standard InChI is InChI=1S/C22H19N5O4/c1-3-26-14(2)24-19-12-16(6-10-20(19)26)22(28)25-23-13-18-9-11-21(31-18)15-4-7-17(8-5-15)27(29)30/h4-13H,3H2,1-2H3,(H,25,28)/b23-13-. The first-order valence-electron chi connectivity index (χ1n) is 9.61. The maximum Gasteiger partial charge on any atom is 0.271 e. The first kappa shape index (κ1) is 20.0. The molecule has 156 valence electrons. The Bertz CT molecular complexity index is 1300. The summed E-state index contributed by atoms with van der Waals surface area (Å²) in [5.41, 5.74) is 5.38. The third-order valence-corrected chi connectivity index (χ3v) is 4.86. The number of rotatable bonds is 6. The maximum atomic E-state index is 12.4. The monoisotopic (exact) mass is 417 g/mol. The SMILES string of the molecule is CCn1c(C)nc2cc(C(=O)N/N=C\c3ccc(-c4ccc([N+](=O)[O-])cc4)o3)ccc21. The van der Waals surface area contributed by atoms with Gasteiger partial charge in [0.2, 0.25) is 0 Å². The van der Waals surface area contributed by atoms with Crippen molar-refractivity contribution in [3.63, 3.8) is 0 Å². The molecule has 9 heteroatoms. The zero-order valence-corrected chi connectivity index (χ0v) is 16.9. The summed E-state index contributed by atoms with van der Waals surface area (Å²) in [6, 6.07) is 14.8. The van der Waals surface area contributed by atoms with Crippen molar-refractivity contribution >= 4 is 28.8 Å². The van der Waals surface area contributed by atoms with Crippen LogP contribution >= 0.6 is 0 Å². The van der Waals surface area contributed by atoms with Gasteiger partial charge in [0, 0.05) is 29.8 Å². The van der Waals surface area contributed by atoms with Crippen molar-refractivity contribution in [3.8, 4) is 11.3 Å². The largest absolute Gasteiger partial charge is 0.455 e. The van der Waals surface area contributed by atoms with Crippen molar-refractivity contribution in [2.24, 2.45) is 5.10 Å². The number of hydrazone groups is 1. The molecule has 0 unspecified atom stereocenters. The number of benzene rings is 2. The summed E-state index contributed by atoms with van der Waals surface area (Å²) in [6.07, 6.45) is 1.39. The zero-order chi connectivity index (χ0) is 22.0. The predicted molar refractivity (Wildman–Crippen MR) is 116 cm³/mol. The second-order valence-corrected chi connectivity index (χ2v) is 6.81. The quantitative estimate of drug-likeness (QED) is 0.285. The summed E-state index contributed by atoms with van der Waals surface area (Å²) >= 11 is 0. The van der Waals surface area contributed by atoms with Gasteiger partial charge in [0.25, 0.3) is 11.6 Å². The maximum absolute atomic E-state index is 12.4. The second kappa shape index (κ2) is 8.23. The molecule has 0 aliphatic heterocycles. The number of non-ortho nitro benzene ring substituents is 1. The molecule has 2 aromatic carbocycles. The molecule has 0 aliphatic rings. The number of carbonyl (C=O) groups excluding carboxylic acids is 1. The van der Waals surface area contributed by atoms with E-state index in [1.807, 2.05) is 19.9 Å². The Morgan fingerprint density at radius 1 is 1.23 bits per heavy atom. The highest BCUT2D eigenvalue weighted by Gasteiger charge is 2.11. The van der Waals surface area contributed by atoms with Gasteiger partial charge in [-0.1, -0.05) is 0 Å². The van der Waals surface area contributed by atoms with Gasteiger partial charge in [-0.05, 0) is 56.3 Å². The highest BCUT2D eigenvalue weighted by molar-refractivity contribution is 5.97. The van der Waals surface area contributed by atoms with Crippen molar-refractivity contribution in [2.75, 3.05) is 0 Å². The van der Waals surface area contributed by atoms with Gasteiger partial charge < -0.3 is 8.98 Å². The number of furan rings is 1. The van der Waals surface area contributed by atoms with Crippen molar-refractivity contribution in [2.45, 2.75) is 20.4 Å². The molecule has 0 aliphatic carbocycles. The fraction of sp³-hybridized carbons (Fsp3) is 0.136. The molecule has 1 N–H and O–H groups in total. The lowest BCUT2D eigenvalue weighted by atomic mass is 10.1.